The second-order valence-corrected chi connectivity index (χ2v) is 8.56. The normalized spacial score (nSPS) is 11.6. The number of benzene rings is 2. The second-order valence-electron chi connectivity index (χ2n) is 6.77. The maximum Gasteiger partial charge on any atom is 0.268 e. The summed E-state index contributed by atoms with van der Waals surface area (Å²) in [6.07, 6.45) is 0. The number of hydrogen-bond donors (Lipinski definition) is 0. The quantitative estimate of drug-likeness (QED) is 0.621. The minimum atomic E-state index is -3.76. The molecule has 0 radical (unpaired) electrons. The van der Waals surface area contributed by atoms with Crippen molar-refractivity contribution >= 4 is 10.0 Å². The van der Waals surface area contributed by atoms with Crippen LogP contribution in [0, 0.1) is 27.7 Å². The molecule has 27 heavy (non-hydrogen) atoms. The maximum absolute atomic E-state index is 13.5. The highest BCUT2D eigenvalue weighted by Crippen LogP contribution is 2.40. The Morgan fingerprint density at radius 1 is 0.852 bits per heavy atom. The Kier molecular flexibility index (Phi) is 5.16. The van der Waals surface area contributed by atoms with Gasteiger partial charge in [0.05, 0.1) is 11.5 Å². The average Bonchev–Trinajstić information content (AvgIpc) is 2.89. The fourth-order valence-electron chi connectivity index (χ4n) is 3.15. The Hall–Kier alpha value is -2.53. The molecule has 3 rings (SSSR count). The van der Waals surface area contributed by atoms with E-state index in [-0.39, 0.29) is 4.90 Å². The molecule has 0 amide bonds. The lowest BCUT2D eigenvalue weighted by Gasteiger charge is -2.14. The monoisotopic (exact) mass is 383 g/mol. The first-order valence-electron chi connectivity index (χ1n) is 9.01. The second kappa shape index (κ2) is 7.24. The van der Waals surface area contributed by atoms with Crippen LogP contribution in [-0.4, -0.2) is 19.0 Å². The van der Waals surface area contributed by atoms with Crippen molar-refractivity contribution in [3.05, 3.63) is 70.9 Å². The van der Waals surface area contributed by atoms with Crippen molar-refractivity contribution in [2.75, 3.05) is 6.61 Å². The third-order valence-corrected chi connectivity index (χ3v) is 6.58. The molecule has 2 aromatic carbocycles. The van der Waals surface area contributed by atoms with Gasteiger partial charge in [-0.3, -0.25) is 0 Å². The fraction of sp³-hybridized carbons (Fsp3) is 0.273. The van der Waals surface area contributed by atoms with Crippen LogP contribution >= 0.6 is 0 Å². The zero-order valence-electron chi connectivity index (χ0n) is 16.4. The molecule has 1 aromatic heterocycles. The van der Waals surface area contributed by atoms with Gasteiger partial charge in [0.25, 0.3) is 10.0 Å². The van der Waals surface area contributed by atoms with E-state index in [1.165, 1.54) is 3.97 Å². The zero-order chi connectivity index (χ0) is 19.8. The molecule has 0 fully saturated rings. The van der Waals surface area contributed by atoms with Gasteiger partial charge in [0.15, 0.2) is 0 Å². The summed E-state index contributed by atoms with van der Waals surface area (Å²) in [5.41, 5.74) is 5.02. The van der Waals surface area contributed by atoms with Crippen LogP contribution in [0.5, 0.6) is 5.75 Å². The molecule has 0 atom stereocenters. The lowest BCUT2D eigenvalue weighted by Crippen LogP contribution is -2.16. The van der Waals surface area contributed by atoms with Gasteiger partial charge < -0.3 is 4.74 Å². The van der Waals surface area contributed by atoms with Crippen LogP contribution in [0.4, 0.5) is 0 Å². The van der Waals surface area contributed by atoms with Crippen LogP contribution in [0.15, 0.2) is 53.4 Å². The molecule has 1 heterocycles. The summed E-state index contributed by atoms with van der Waals surface area (Å²) in [7, 11) is -3.76. The SMILES string of the molecule is CCOc1c(C)c(C)n(S(=O)(=O)c2ccc(C)cc2)c1-c1ccc(C)cc1. The standard InChI is InChI=1S/C22H25NO3S/c1-6-26-22-17(4)18(5)23(21(22)19-11-7-15(2)8-12-19)27(24,25)20-13-9-16(3)10-14-20/h7-14H,6H2,1-5H3. The van der Waals surface area contributed by atoms with Crippen molar-refractivity contribution in [3.8, 4) is 17.0 Å². The van der Waals surface area contributed by atoms with Gasteiger partial charge in [-0.1, -0.05) is 47.5 Å². The Morgan fingerprint density at radius 2 is 1.37 bits per heavy atom. The van der Waals surface area contributed by atoms with Gasteiger partial charge in [-0.2, -0.15) is 0 Å². The molecular weight excluding hydrogens is 358 g/mol. The number of ether oxygens (including phenoxy) is 1. The molecule has 0 aliphatic heterocycles. The van der Waals surface area contributed by atoms with E-state index < -0.39 is 10.0 Å². The Balaban J connectivity index is 2.33. The van der Waals surface area contributed by atoms with Crippen molar-refractivity contribution in [3.63, 3.8) is 0 Å². The summed E-state index contributed by atoms with van der Waals surface area (Å²) in [4.78, 5) is 0.266. The Morgan fingerprint density at radius 3 is 1.89 bits per heavy atom. The summed E-state index contributed by atoms with van der Waals surface area (Å²) in [5, 5.41) is 0. The van der Waals surface area contributed by atoms with Gasteiger partial charge in [-0.05, 0) is 46.8 Å². The molecule has 0 saturated heterocycles. The smallest absolute Gasteiger partial charge is 0.268 e. The van der Waals surface area contributed by atoms with E-state index in [1.54, 1.807) is 12.1 Å². The summed E-state index contributed by atoms with van der Waals surface area (Å²) >= 11 is 0. The Bertz CT molecular complexity index is 1060. The molecule has 0 N–H and O–H groups in total. The first-order chi connectivity index (χ1) is 12.8. The fourth-order valence-corrected chi connectivity index (χ4v) is 4.77. The molecule has 3 aromatic rings. The van der Waals surface area contributed by atoms with Crippen molar-refractivity contribution < 1.29 is 13.2 Å². The lowest BCUT2D eigenvalue weighted by molar-refractivity contribution is 0.340. The largest absolute Gasteiger partial charge is 0.491 e. The van der Waals surface area contributed by atoms with Crippen molar-refractivity contribution in [2.45, 2.75) is 39.5 Å². The molecule has 0 saturated carbocycles. The number of aryl methyl sites for hydroxylation is 2. The van der Waals surface area contributed by atoms with Crippen LogP contribution < -0.4 is 4.74 Å². The highest BCUT2D eigenvalue weighted by atomic mass is 32.2. The van der Waals surface area contributed by atoms with Gasteiger partial charge >= 0.3 is 0 Å². The van der Waals surface area contributed by atoms with Gasteiger partial charge in [0, 0.05) is 16.8 Å². The minimum absolute atomic E-state index is 0.266. The van der Waals surface area contributed by atoms with Crippen molar-refractivity contribution in [2.24, 2.45) is 0 Å². The van der Waals surface area contributed by atoms with Crippen molar-refractivity contribution in [1.29, 1.82) is 0 Å². The first-order valence-corrected chi connectivity index (χ1v) is 10.4. The molecule has 142 valence electrons. The highest BCUT2D eigenvalue weighted by molar-refractivity contribution is 7.90. The average molecular weight is 384 g/mol. The van der Waals surface area contributed by atoms with Gasteiger partial charge in [0.2, 0.25) is 0 Å². The van der Waals surface area contributed by atoms with E-state index in [1.807, 2.05) is 71.0 Å². The highest BCUT2D eigenvalue weighted by Gasteiger charge is 2.29. The maximum atomic E-state index is 13.5. The molecule has 0 aliphatic rings. The van der Waals surface area contributed by atoms with Gasteiger partial charge in [-0.25, -0.2) is 12.4 Å². The van der Waals surface area contributed by atoms with E-state index in [4.69, 9.17) is 4.74 Å². The molecule has 4 nitrogen and oxygen atoms in total. The van der Waals surface area contributed by atoms with E-state index in [9.17, 15) is 8.42 Å². The number of nitrogens with zero attached hydrogens (tertiary/aromatic N) is 1. The van der Waals surface area contributed by atoms with Gasteiger partial charge in [0.1, 0.15) is 11.4 Å². The predicted octanol–water partition coefficient (Wildman–Crippen LogP) is 5.02. The third kappa shape index (κ3) is 3.39. The van der Waals surface area contributed by atoms with Crippen LogP contribution in [-0.2, 0) is 10.0 Å². The summed E-state index contributed by atoms with van der Waals surface area (Å²) in [5.74, 6) is 0.620. The molecule has 5 heteroatoms. The summed E-state index contributed by atoms with van der Waals surface area (Å²) < 4.78 is 34.3. The van der Waals surface area contributed by atoms with E-state index in [0.717, 1.165) is 22.3 Å². The topological polar surface area (TPSA) is 48.3 Å². The van der Waals surface area contributed by atoms with Crippen LogP contribution in [0.2, 0.25) is 0 Å². The number of hydrogen-bond acceptors (Lipinski definition) is 3. The van der Waals surface area contributed by atoms with Crippen LogP contribution in [0.25, 0.3) is 11.3 Å². The van der Waals surface area contributed by atoms with Crippen LogP contribution in [0.1, 0.15) is 29.3 Å². The van der Waals surface area contributed by atoms with Gasteiger partial charge in [-0.15, -0.1) is 0 Å². The Labute approximate surface area is 161 Å². The number of rotatable bonds is 5. The molecule has 0 unspecified atom stereocenters. The predicted molar refractivity (Wildman–Crippen MR) is 109 cm³/mol. The minimum Gasteiger partial charge on any atom is -0.491 e. The zero-order valence-corrected chi connectivity index (χ0v) is 17.2. The van der Waals surface area contributed by atoms with E-state index in [2.05, 4.69) is 0 Å². The molecular formula is C22H25NO3S. The summed E-state index contributed by atoms with van der Waals surface area (Å²) in [6, 6.07) is 14.8. The number of aromatic nitrogens is 1. The van der Waals surface area contributed by atoms with Crippen molar-refractivity contribution in [1.82, 2.24) is 3.97 Å². The molecule has 0 aliphatic carbocycles. The third-order valence-electron chi connectivity index (χ3n) is 4.78. The van der Waals surface area contributed by atoms with Crippen LogP contribution in [0.3, 0.4) is 0 Å². The lowest BCUT2D eigenvalue weighted by atomic mass is 10.1. The summed E-state index contributed by atoms with van der Waals surface area (Å²) in [6.45, 7) is 10.0. The van der Waals surface area contributed by atoms with E-state index in [0.29, 0.717) is 23.7 Å². The first kappa shape index (κ1) is 19.2. The molecule has 0 spiro atoms. The van der Waals surface area contributed by atoms with E-state index >= 15 is 0 Å². The molecule has 0 bridgehead atoms.